The van der Waals surface area contributed by atoms with Gasteiger partial charge in [0.1, 0.15) is 11.3 Å². The minimum absolute atomic E-state index is 0.139. The zero-order valence-electron chi connectivity index (χ0n) is 19.7. The average molecular weight is 483 g/mol. The van der Waals surface area contributed by atoms with Crippen LogP contribution in [0.4, 0.5) is 5.95 Å². The molecule has 1 unspecified atom stereocenters. The van der Waals surface area contributed by atoms with E-state index in [4.69, 9.17) is 9.72 Å². The predicted molar refractivity (Wildman–Crippen MR) is 136 cm³/mol. The van der Waals surface area contributed by atoms with Crippen LogP contribution in [0.2, 0.25) is 0 Å². The van der Waals surface area contributed by atoms with Crippen LogP contribution in [0.15, 0.2) is 66.7 Å². The van der Waals surface area contributed by atoms with Crippen LogP contribution >= 0.6 is 0 Å². The van der Waals surface area contributed by atoms with E-state index in [1.165, 1.54) is 0 Å². The molecule has 1 aromatic heterocycles. The van der Waals surface area contributed by atoms with Crippen LogP contribution in [0.5, 0.6) is 11.5 Å². The monoisotopic (exact) mass is 482 g/mol. The van der Waals surface area contributed by atoms with Crippen molar-refractivity contribution in [1.29, 1.82) is 0 Å². The van der Waals surface area contributed by atoms with Crippen LogP contribution in [0.25, 0.3) is 11.0 Å². The number of carboxylic acid groups (broad SMARTS) is 1. The zero-order valence-corrected chi connectivity index (χ0v) is 19.7. The molecule has 4 aromatic rings. The van der Waals surface area contributed by atoms with E-state index in [0.717, 1.165) is 47.6 Å². The smallest absolute Gasteiger partial charge is 0.305 e. The topological polar surface area (TPSA) is 96.7 Å². The van der Waals surface area contributed by atoms with Crippen molar-refractivity contribution in [2.75, 3.05) is 18.4 Å². The van der Waals surface area contributed by atoms with Crippen molar-refractivity contribution in [2.24, 2.45) is 0 Å². The maximum atomic E-state index is 13.4. The Morgan fingerprint density at radius 2 is 1.94 bits per heavy atom. The number of imidazole rings is 1. The van der Waals surface area contributed by atoms with Crippen molar-refractivity contribution in [1.82, 2.24) is 14.5 Å². The number of para-hydroxylation sites is 1. The van der Waals surface area contributed by atoms with Gasteiger partial charge >= 0.3 is 5.97 Å². The summed E-state index contributed by atoms with van der Waals surface area (Å²) in [6, 6.07) is 20.2. The molecule has 0 saturated heterocycles. The number of amides is 1. The number of aliphatic carboxylic acids is 1. The molecule has 2 aliphatic heterocycles. The molecule has 0 radical (unpaired) electrons. The summed E-state index contributed by atoms with van der Waals surface area (Å²) in [5, 5.41) is 12.8. The number of hydrogen-bond acceptors (Lipinski definition) is 5. The summed E-state index contributed by atoms with van der Waals surface area (Å²) in [6.45, 7) is 2.27. The molecule has 0 fully saturated rings. The van der Waals surface area contributed by atoms with Gasteiger partial charge in [0.25, 0.3) is 5.91 Å². The number of ether oxygens (including phenoxy) is 1. The largest absolute Gasteiger partial charge is 0.481 e. The molecule has 8 heteroatoms. The highest BCUT2D eigenvalue weighted by atomic mass is 16.5. The van der Waals surface area contributed by atoms with Crippen molar-refractivity contribution < 1.29 is 19.4 Å². The van der Waals surface area contributed by atoms with Crippen molar-refractivity contribution in [3.8, 4) is 11.5 Å². The van der Waals surface area contributed by atoms with Gasteiger partial charge in [-0.15, -0.1) is 0 Å². The Morgan fingerprint density at radius 3 is 2.78 bits per heavy atom. The second-order valence-corrected chi connectivity index (χ2v) is 9.19. The Hall–Kier alpha value is -4.33. The van der Waals surface area contributed by atoms with Gasteiger partial charge in [0, 0.05) is 25.2 Å². The van der Waals surface area contributed by atoms with E-state index in [0.29, 0.717) is 30.0 Å². The first kappa shape index (κ1) is 22.2. The summed E-state index contributed by atoms with van der Waals surface area (Å²) in [5.41, 5.74) is 4.14. The predicted octanol–water partition coefficient (Wildman–Crippen LogP) is 4.86. The minimum atomic E-state index is -0.934. The lowest BCUT2D eigenvalue weighted by atomic mass is 9.94. The maximum Gasteiger partial charge on any atom is 0.305 e. The van der Waals surface area contributed by atoms with Crippen LogP contribution in [0.1, 0.15) is 40.4 Å². The van der Waals surface area contributed by atoms with E-state index >= 15 is 0 Å². The van der Waals surface area contributed by atoms with Crippen molar-refractivity contribution in [2.45, 2.75) is 31.8 Å². The highest BCUT2D eigenvalue weighted by Crippen LogP contribution is 2.35. The van der Waals surface area contributed by atoms with Crippen LogP contribution in [-0.4, -0.2) is 44.5 Å². The molecule has 1 amide bonds. The molecule has 0 aliphatic carbocycles. The molecule has 0 saturated carbocycles. The fourth-order valence-electron chi connectivity index (χ4n) is 5.22. The summed E-state index contributed by atoms with van der Waals surface area (Å²) in [4.78, 5) is 31.5. The van der Waals surface area contributed by atoms with Crippen molar-refractivity contribution in [3.05, 3.63) is 83.4 Å². The molecule has 36 heavy (non-hydrogen) atoms. The maximum absolute atomic E-state index is 13.4. The van der Waals surface area contributed by atoms with Gasteiger partial charge in [-0.3, -0.25) is 9.59 Å². The van der Waals surface area contributed by atoms with Crippen molar-refractivity contribution in [3.63, 3.8) is 0 Å². The number of carbonyl (C=O) groups is 2. The number of hydrogen-bond donors (Lipinski definition) is 2. The molecule has 6 rings (SSSR count). The van der Waals surface area contributed by atoms with Gasteiger partial charge in [0.2, 0.25) is 5.95 Å². The van der Waals surface area contributed by atoms with Gasteiger partial charge in [0.05, 0.1) is 18.0 Å². The second kappa shape index (κ2) is 9.03. The van der Waals surface area contributed by atoms with E-state index < -0.39 is 12.0 Å². The first-order chi connectivity index (χ1) is 17.6. The van der Waals surface area contributed by atoms with Crippen LogP contribution in [-0.2, 0) is 17.8 Å². The number of aryl methyl sites for hydroxylation is 1. The number of fused-ring (bicyclic) bond motifs is 4. The highest BCUT2D eigenvalue weighted by Gasteiger charge is 2.32. The van der Waals surface area contributed by atoms with Gasteiger partial charge in [-0.2, -0.15) is 0 Å². The van der Waals surface area contributed by atoms with Crippen LogP contribution in [0, 0.1) is 0 Å². The molecule has 0 bridgehead atoms. The van der Waals surface area contributed by atoms with E-state index in [2.05, 4.69) is 9.88 Å². The molecular weight excluding hydrogens is 456 g/mol. The molecule has 8 nitrogen and oxygen atoms in total. The molecule has 2 aliphatic rings. The zero-order chi connectivity index (χ0) is 24.6. The Morgan fingerprint density at radius 1 is 1.08 bits per heavy atom. The Balaban J connectivity index is 1.28. The Kier molecular flexibility index (Phi) is 5.56. The fraction of sp³-hybridized carbons (Fsp3) is 0.250. The summed E-state index contributed by atoms with van der Waals surface area (Å²) in [5.74, 6) is 1.08. The Labute approximate surface area is 208 Å². The molecule has 2 N–H and O–H groups in total. The number of rotatable bonds is 6. The van der Waals surface area contributed by atoms with E-state index in [9.17, 15) is 14.7 Å². The number of carbonyl (C=O) groups excluding carboxylic acids is 1. The lowest BCUT2D eigenvalue weighted by molar-refractivity contribution is -0.138. The number of nitrogens with one attached hydrogen (secondary N) is 1. The summed E-state index contributed by atoms with van der Waals surface area (Å²) in [7, 11) is 0. The summed E-state index contributed by atoms with van der Waals surface area (Å²) < 4.78 is 8.43. The first-order valence-electron chi connectivity index (χ1n) is 12.2. The van der Waals surface area contributed by atoms with Crippen LogP contribution in [0.3, 0.4) is 0 Å². The third kappa shape index (κ3) is 3.94. The highest BCUT2D eigenvalue weighted by molar-refractivity contribution is 5.97. The third-order valence-corrected chi connectivity index (χ3v) is 6.93. The molecule has 3 aromatic carbocycles. The summed E-state index contributed by atoms with van der Waals surface area (Å²) in [6.07, 6.45) is 1.53. The quantitative estimate of drug-likeness (QED) is 0.408. The lowest BCUT2D eigenvalue weighted by Gasteiger charge is -2.35. The average Bonchev–Trinajstić information content (AvgIpc) is 3.28. The Bertz CT molecular complexity index is 1460. The second-order valence-electron chi connectivity index (χ2n) is 9.19. The lowest BCUT2D eigenvalue weighted by Crippen LogP contribution is -2.41. The minimum Gasteiger partial charge on any atom is -0.481 e. The van der Waals surface area contributed by atoms with Crippen LogP contribution < -0.4 is 10.1 Å². The normalized spacial score (nSPS) is 15.7. The standard InChI is InChI=1S/C28H26N4O4/c33-25(34)17-23(18-6-2-1-3-7-18)31-15-12-19-16-20(10-11-21(19)27(31)35)36-24-9-4-8-22-26(24)30-28-29-13-5-14-32(22)28/h1-4,6-11,16,23H,5,12-15,17H2,(H,29,30)(H,33,34). The number of aromatic nitrogens is 2. The molecule has 182 valence electrons. The summed E-state index contributed by atoms with van der Waals surface area (Å²) >= 11 is 0. The first-order valence-corrected chi connectivity index (χ1v) is 12.2. The van der Waals surface area contributed by atoms with Gasteiger partial charge in [-0.1, -0.05) is 36.4 Å². The number of carboxylic acids is 1. The third-order valence-electron chi connectivity index (χ3n) is 6.93. The van der Waals surface area contributed by atoms with Gasteiger partial charge < -0.3 is 24.6 Å². The molecule has 3 heterocycles. The van der Waals surface area contributed by atoms with E-state index in [1.807, 2.05) is 54.6 Å². The SMILES string of the molecule is O=C(O)CC(c1ccccc1)N1CCc2cc(Oc3cccc4c3nc3n4CCCN3)ccc2C1=O. The molecule has 0 spiro atoms. The fourth-order valence-corrected chi connectivity index (χ4v) is 5.22. The van der Waals surface area contributed by atoms with Gasteiger partial charge in [-0.05, 0) is 54.3 Å². The number of anilines is 1. The molecule has 1 atom stereocenters. The number of benzene rings is 3. The molecular formula is C28H26N4O4. The van der Waals surface area contributed by atoms with Gasteiger partial charge in [-0.25, -0.2) is 4.98 Å². The van der Waals surface area contributed by atoms with E-state index in [-0.39, 0.29) is 12.3 Å². The van der Waals surface area contributed by atoms with Gasteiger partial charge in [0.15, 0.2) is 5.75 Å². The number of nitrogens with zero attached hydrogens (tertiary/aromatic N) is 3. The van der Waals surface area contributed by atoms with Crippen molar-refractivity contribution >= 4 is 28.9 Å². The van der Waals surface area contributed by atoms with E-state index in [1.54, 1.807) is 17.0 Å².